The van der Waals surface area contributed by atoms with Crippen molar-refractivity contribution in [2.75, 3.05) is 6.61 Å². The third kappa shape index (κ3) is 4.34. The predicted octanol–water partition coefficient (Wildman–Crippen LogP) is 3.76. The molecular formula is C24H21N3O5S2. The van der Waals surface area contributed by atoms with Crippen molar-refractivity contribution < 1.29 is 19.1 Å². The Labute approximate surface area is 202 Å². The molecule has 174 valence electrons. The molecule has 0 radical (unpaired) electrons. The van der Waals surface area contributed by atoms with Gasteiger partial charge in [0.15, 0.2) is 6.10 Å². The summed E-state index contributed by atoms with van der Waals surface area (Å²) in [5.74, 6) is -0.360. The van der Waals surface area contributed by atoms with Crippen molar-refractivity contribution in [2.45, 2.75) is 32.0 Å². The Bertz CT molecular complexity index is 1410. The van der Waals surface area contributed by atoms with Crippen molar-refractivity contribution in [3.8, 4) is 16.2 Å². The molecule has 0 fully saturated rings. The van der Waals surface area contributed by atoms with Gasteiger partial charge in [-0.05, 0) is 24.4 Å². The van der Waals surface area contributed by atoms with Crippen molar-refractivity contribution in [1.29, 1.82) is 0 Å². The number of amides is 1. The summed E-state index contributed by atoms with van der Waals surface area (Å²) >= 11 is 2.92. The van der Waals surface area contributed by atoms with Gasteiger partial charge in [-0.25, -0.2) is 4.98 Å². The van der Waals surface area contributed by atoms with Crippen molar-refractivity contribution in [3.05, 3.63) is 69.4 Å². The zero-order valence-corrected chi connectivity index (χ0v) is 19.9. The number of ether oxygens (including phenoxy) is 2. The van der Waals surface area contributed by atoms with Gasteiger partial charge in [0.1, 0.15) is 17.1 Å². The van der Waals surface area contributed by atoms with E-state index in [0.29, 0.717) is 23.2 Å². The van der Waals surface area contributed by atoms with E-state index in [4.69, 9.17) is 9.47 Å². The molecule has 0 saturated carbocycles. The second-order valence-electron chi connectivity index (χ2n) is 7.85. The van der Waals surface area contributed by atoms with Crippen LogP contribution in [0.4, 0.5) is 0 Å². The average Bonchev–Trinajstić information content (AvgIpc) is 3.51. The highest BCUT2D eigenvalue weighted by Crippen LogP contribution is 2.33. The van der Waals surface area contributed by atoms with Crippen LogP contribution in [0.3, 0.4) is 0 Å². The molecule has 5 rings (SSSR count). The number of carbonyl (C=O) groups excluding carboxylic acids is 2. The molecule has 0 aliphatic carbocycles. The SMILES string of the molecule is CC(OC(=O)Cn1cnc2scc(-c3cccs3)c2c1=O)C(=O)NC1CCOc2ccccc21. The van der Waals surface area contributed by atoms with E-state index in [-0.39, 0.29) is 18.1 Å². The number of para-hydroxylation sites is 1. The molecular weight excluding hydrogens is 474 g/mol. The molecule has 3 aromatic heterocycles. The number of fused-ring (bicyclic) bond motifs is 2. The van der Waals surface area contributed by atoms with E-state index in [1.165, 1.54) is 40.5 Å². The van der Waals surface area contributed by atoms with E-state index in [9.17, 15) is 14.4 Å². The highest BCUT2D eigenvalue weighted by molar-refractivity contribution is 7.18. The Kier molecular flexibility index (Phi) is 6.16. The highest BCUT2D eigenvalue weighted by Gasteiger charge is 2.26. The minimum Gasteiger partial charge on any atom is -0.493 e. The van der Waals surface area contributed by atoms with Crippen LogP contribution >= 0.6 is 22.7 Å². The van der Waals surface area contributed by atoms with E-state index in [1.54, 1.807) is 0 Å². The maximum atomic E-state index is 13.1. The van der Waals surface area contributed by atoms with Gasteiger partial charge in [-0.2, -0.15) is 0 Å². The Morgan fingerprint density at radius 1 is 1.26 bits per heavy atom. The molecule has 8 nitrogen and oxygen atoms in total. The van der Waals surface area contributed by atoms with E-state index < -0.39 is 18.0 Å². The fraction of sp³-hybridized carbons (Fsp3) is 0.250. The van der Waals surface area contributed by atoms with Gasteiger partial charge in [-0.1, -0.05) is 24.3 Å². The minimum atomic E-state index is -1.02. The fourth-order valence-corrected chi connectivity index (χ4v) is 5.62. The van der Waals surface area contributed by atoms with Crippen LogP contribution in [0.15, 0.2) is 58.3 Å². The summed E-state index contributed by atoms with van der Waals surface area (Å²) in [6.07, 6.45) is 0.944. The molecule has 0 saturated heterocycles. The lowest BCUT2D eigenvalue weighted by atomic mass is 10.0. The first-order valence-corrected chi connectivity index (χ1v) is 12.5. The molecule has 4 heterocycles. The standard InChI is InChI=1S/C24H21N3O5S2/c1-14(22(29)26-17-8-9-31-18-6-3-2-5-15(17)18)32-20(28)11-27-13-25-23-21(24(27)30)16(12-34-23)19-7-4-10-33-19/h2-7,10,12-14,17H,8-9,11H2,1H3,(H,26,29). The van der Waals surface area contributed by atoms with Crippen molar-refractivity contribution >= 4 is 44.8 Å². The average molecular weight is 496 g/mol. The number of aromatic nitrogens is 2. The van der Waals surface area contributed by atoms with Gasteiger partial charge in [0.25, 0.3) is 11.5 Å². The molecule has 1 N–H and O–H groups in total. The van der Waals surface area contributed by atoms with E-state index in [1.807, 2.05) is 47.2 Å². The molecule has 1 aliphatic rings. The normalized spacial score (nSPS) is 15.9. The number of nitrogens with zero attached hydrogens (tertiary/aromatic N) is 2. The molecule has 4 aromatic rings. The van der Waals surface area contributed by atoms with Crippen LogP contribution in [-0.4, -0.2) is 34.1 Å². The lowest BCUT2D eigenvalue weighted by Gasteiger charge is -2.27. The number of hydrogen-bond acceptors (Lipinski definition) is 8. The number of nitrogens with one attached hydrogen (secondary N) is 1. The lowest BCUT2D eigenvalue weighted by molar-refractivity contribution is -0.155. The quantitative estimate of drug-likeness (QED) is 0.409. The second-order valence-corrected chi connectivity index (χ2v) is 9.66. The van der Waals surface area contributed by atoms with Crippen LogP contribution < -0.4 is 15.6 Å². The van der Waals surface area contributed by atoms with Crippen molar-refractivity contribution in [3.63, 3.8) is 0 Å². The number of hydrogen-bond donors (Lipinski definition) is 1. The van der Waals surface area contributed by atoms with Gasteiger partial charge < -0.3 is 14.8 Å². The molecule has 2 unspecified atom stereocenters. The van der Waals surface area contributed by atoms with Crippen LogP contribution in [0, 0.1) is 0 Å². The Morgan fingerprint density at radius 2 is 2.12 bits per heavy atom. The second kappa shape index (κ2) is 9.40. The van der Waals surface area contributed by atoms with Crippen molar-refractivity contribution in [2.24, 2.45) is 0 Å². The molecule has 1 amide bonds. The fourth-order valence-electron chi connectivity index (χ4n) is 3.90. The van der Waals surface area contributed by atoms with Gasteiger partial charge in [-0.3, -0.25) is 19.0 Å². The monoisotopic (exact) mass is 495 g/mol. The van der Waals surface area contributed by atoms with E-state index in [0.717, 1.165) is 21.8 Å². The Morgan fingerprint density at radius 3 is 2.94 bits per heavy atom. The molecule has 2 atom stereocenters. The first-order valence-electron chi connectivity index (χ1n) is 10.7. The van der Waals surface area contributed by atoms with Crippen molar-refractivity contribution in [1.82, 2.24) is 14.9 Å². The van der Waals surface area contributed by atoms with Gasteiger partial charge in [0.05, 0.1) is 24.4 Å². The lowest BCUT2D eigenvalue weighted by Crippen LogP contribution is -2.40. The minimum absolute atomic E-state index is 0.220. The zero-order chi connectivity index (χ0) is 23.7. The molecule has 34 heavy (non-hydrogen) atoms. The van der Waals surface area contributed by atoms with Crippen LogP contribution in [0.25, 0.3) is 20.7 Å². The molecule has 10 heteroatoms. The first-order chi connectivity index (χ1) is 16.5. The van der Waals surface area contributed by atoms with E-state index >= 15 is 0 Å². The highest BCUT2D eigenvalue weighted by atomic mass is 32.1. The Balaban J connectivity index is 1.26. The summed E-state index contributed by atoms with van der Waals surface area (Å²) in [6, 6.07) is 11.2. The number of benzene rings is 1. The third-order valence-electron chi connectivity index (χ3n) is 5.60. The summed E-state index contributed by atoms with van der Waals surface area (Å²) in [7, 11) is 0. The number of thiophene rings is 2. The maximum Gasteiger partial charge on any atom is 0.326 e. The van der Waals surface area contributed by atoms with Gasteiger partial charge in [0.2, 0.25) is 0 Å². The number of esters is 1. The topological polar surface area (TPSA) is 99.5 Å². The number of rotatable bonds is 6. The molecule has 0 spiro atoms. The summed E-state index contributed by atoms with van der Waals surface area (Å²) < 4.78 is 12.2. The van der Waals surface area contributed by atoms with Crippen LogP contribution in [0.5, 0.6) is 5.75 Å². The van der Waals surface area contributed by atoms with Gasteiger partial charge in [-0.15, -0.1) is 22.7 Å². The zero-order valence-electron chi connectivity index (χ0n) is 18.2. The van der Waals surface area contributed by atoms with Crippen LogP contribution in [-0.2, 0) is 20.9 Å². The molecule has 0 bridgehead atoms. The smallest absolute Gasteiger partial charge is 0.326 e. The third-order valence-corrected chi connectivity index (χ3v) is 7.39. The van der Waals surface area contributed by atoms with Crippen LogP contribution in [0.1, 0.15) is 24.9 Å². The molecule has 1 aliphatic heterocycles. The maximum absolute atomic E-state index is 13.1. The van der Waals surface area contributed by atoms with E-state index in [2.05, 4.69) is 10.3 Å². The molecule has 1 aromatic carbocycles. The largest absolute Gasteiger partial charge is 0.493 e. The Hall–Kier alpha value is -3.50. The van der Waals surface area contributed by atoms with Gasteiger partial charge >= 0.3 is 5.97 Å². The summed E-state index contributed by atoms with van der Waals surface area (Å²) in [5.41, 5.74) is 1.38. The summed E-state index contributed by atoms with van der Waals surface area (Å²) in [4.78, 5) is 44.2. The summed E-state index contributed by atoms with van der Waals surface area (Å²) in [5, 5.41) is 7.24. The predicted molar refractivity (Wildman–Crippen MR) is 130 cm³/mol. The van der Waals surface area contributed by atoms with Gasteiger partial charge in [0, 0.05) is 27.8 Å². The summed E-state index contributed by atoms with van der Waals surface area (Å²) in [6.45, 7) is 1.67. The first kappa shape index (κ1) is 22.3. The number of carbonyl (C=O) groups is 2. The van der Waals surface area contributed by atoms with Crippen LogP contribution in [0.2, 0.25) is 0 Å².